The highest BCUT2D eigenvalue weighted by Gasteiger charge is 2.37. The molecular weight excluding hydrogens is 232 g/mol. The van der Waals surface area contributed by atoms with Gasteiger partial charge in [-0.05, 0) is 19.8 Å². The normalized spacial score (nSPS) is 33.4. The van der Waals surface area contributed by atoms with Gasteiger partial charge in [0.25, 0.3) is 0 Å². The minimum absolute atomic E-state index is 0.0177. The Morgan fingerprint density at radius 2 is 2.22 bits per heavy atom. The summed E-state index contributed by atoms with van der Waals surface area (Å²) in [6, 6.07) is -0.220. The van der Waals surface area contributed by atoms with Gasteiger partial charge in [-0.2, -0.15) is 0 Å². The Morgan fingerprint density at radius 1 is 1.44 bits per heavy atom. The van der Waals surface area contributed by atoms with Crippen molar-refractivity contribution in [2.45, 2.75) is 57.7 Å². The van der Waals surface area contributed by atoms with E-state index >= 15 is 0 Å². The van der Waals surface area contributed by atoms with Gasteiger partial charge in [0.2, 0.25) is 11.8 Å². The average molecular weight is 254 g/mol. The van der Waals surface area contributed by atoms with Crippen LogP contribution in [0, 0.1) is 0 Å². The fourth-order valence-electron chi connectivity index (χ4n) is 2.80. The Morgan fingerprint density at radius 3 is 2.83 bits per heavy atom. The minimum atomic E-state index is -0.349. The maximum atomic E-state index is 12.5. The van der Waals surface area contributed by atoms with Crippen LogP contribution in [0.1, 0.15) is 39.5 Å². The number of hydrogen-bond donors (Lipinski definition) is 1. The van der Waals surface area contributed by atoms with E-state index in [4.69, 9.17) is 4.74 Å². The number of carbonyl (C=O) groups is 2. The lowest BCUT2D eigenvalue weighted by Gasteiger charge is -2.31. The Hall–Kier alpha value is -1.10. The minimum Gasteiger partial charge on any atom is -0.376 e. The van der Waals surface area contributed by atoms with Crippen molar-refractivity contribution in [1.29, 1.82) is 0 Å². The van der Waals surface area contributed by atoms with Crippen LogP contribution >= 0.6 is 0 Å². The van der Waals surface area contributed by atoms with Gasteiger partial charge < -0.3 is 15.0 Å². The molecule has 0 aromatic carbocycles. The van der Waals surface area contributed by atoms with Crippen molar-refractivity contribution >= 4 is 11.8 Å². The molecule has 0 radical (unpaired) electrons. The first-order valence-corrected chi connectivity index (χ1v) is 6.85. The largest absolute Gasteiger partial charge is 0.376 e. The van der Waals surface area contributed by atoms with Gasteiger partial charge >= 0.3 is 0 Å². The van der Waals surface area contributed by atoms with Gasteiger partial charge in [0.15, 0.2) is 0 Å². The number of ether oxygens (including phenoxy) is 1. The van der Waals surface area contributed by atoms with E-state index < -0.39 is 0 Å². The van der Waals surface area contributed by atoms with Gasteiger partial charge in [-0.1, -0.05) is 13.3 Å². The third-order valence-corrected chi connectivity index (χ3v) is 3.81. The molecule has 1 N–H and O–H groups in total. The molecule has 0 spiro atoms. The highest BCUT2D eigenvalue weighted by Crippen LogP contribution is 2.22. The van der Waals surface area contributed by atoms with E-state index in [1.807, 2.05) is 18.7 Å². The predicted molar refractivity (Wildman–Crippen MR) is 67.0 cm³/mol. The van der Waals surface area contributed by atoms with Gasteiger partial charge in [-0.25, -0.2) is 0 Å². The maximum Gasteiger partial charge on any atom is 0.245 e. The van der Waals surface area contributed by atoms with E-state index in [0.29, 0.717) is 26.0 Å². The summed E-state index contributed by atoms with van der Waals surface area (Å²) in [4.78, 5) is 26.0. The molecule has 0 bridgehead atoms. The van der Waals surface area contributed by atoms with Crippen molar-refractivity contribution in [3.05, 3.63) is 0 Å². The molecule has 2 fully saturated rings. The van der Waals surface area contributed by atoms with Crippen molar-refractivity contribution in [2.24, 2.45) is 0 Å². The first-order valence-electron chi connectivity index (χ1n) is 6.85. The summed E-state index contributed by atoms with van der Waals surface area (Å²) in [6.07, 6.45) is 2.95. The number of hydrogen-bond acceptors (Lipinski definition) is 3. The van der Waals surface area contributed by atoms with E-state index in [1.165, 1.54) is 0 Å². The average Bonchev–Trinajstić information content (AvgIpc) is 2.69. The van der Waals surface area contributed by atoms with Crippen LogP contribution in [0.15, 0.2) is 0 Å². The van der Waals surface area contributed by atoms with Gasteiger partial charge in [-0.3, -0.25) is 9.59 Å². The number of rotatable bonds is 3. The van der Waals surface area contributed by atoms with Crippen LogP contribution in [-0.2, 0) is 14.3 Å². The molecule has 3 atom stereocenters. The number of carbonyl (C=O) groups excluding carboxylic acids is 2. The van der Waals surface area contributed by atoms with Crippen LogP contribution < -0.4 is 5.32 Å². The van der Waals surface area contributed by atoms with Gasteiger partial charge in [-0.15, -0.1) is 0 Å². The zero-order valence-corrected chi connectivity index (χ0v) is 11.1. The quantitative estimate of drug-likeness (QED) is 0.806. The maximum absolute atomic E-state index is 12.5. The molecule has 102 valence electrons. The molecule has 0 saturated carbocycles. The lowest BCUT2D eigenvalue weighted by Crippen LogP contribution is -2.50. The van der Waals surface area contributed by atoms with Crippen LogP contribution in [0.2, 0.25) is 0 Å². The molecule has 2 aliphatic heterocycles. The summed E-state index contributed by atoms with van der Waals surface area (Å²) < 4.78 is 5.53. The first-order chi connectivity index (χ1) is 8.63. The molecule has 2 amide bonds. The molecule has 0 aromatic heterocycles. The van der Waals surface area contributed by atoms with Crippen molar-refractivity contribution in [3.63, 3.8) is 0 Å². The molecule has 5 nitrogen and oxygen atoms in total. The van der Waals surface area contributed by atoms with Crippen LogP contribution in [-0.4, -0.2) is 48.1 Å². The monoisotopic (exact) mass is 254 g/mol. The van der Waals surface area contributed by atoms with Gasteiger partial charge in [0, 0.05) is 19.6 Å². The van der Waals surface area contributed by atoms with Crippen molar-refractivity contribution < 1.29 is 14.3 Å². The molecule has 2 saturated heterocycles. The summed E-state index contributed by atoms with van der Waals surface area (Å²) in [5.41, 5.74) is 0. The highest BCUT2D eigenvalue weighted by atomic mass is 16.5. The Bertz CT molecular complexity index is 332. The van der Waals surface area contributed by atoms with E-state index in [9.17, 15) is 9.59 Å². The molecule has 18 heavy (non-hydrogen) atoms. The zero-order valence-electron chi connectivity index (χ0n) is 11.1. The Balaban J connectivity index is 2.12. The van der Waals surface area contributed by atoms with Crippen molar-refractivity contribution in [3.8, 4) is 0 Å². The van der Waals surface area contributed by atoms with E-state index in [-0.39, 0.29) is 30.0 Å². The first kappa shape index (κ1) is 13.3. The summed E-state index contributed by atoms with van der Waals surface area (Å²) in [5.74, 6) is 0.0425. The second-order valence-electron chi connectivity index (χ2n) is 5.12. The third-order valence-electron chi connectivity index (χ3n) is 3.81. The van der Waals surface area contributed by atoms with E-state index in [2.05, 4.69) is 5.32 Å². The van der Waals surface area contributed by atoms with Crippen molar-refractivity contribution in [2.75, 3.05) is 13.2 Å². The Kier molecular flexibility index (Phi) is 4.22. The van der Waals surface area contributed by atoms with Crippen LogP contribution in [0.25, 0.3) is 0 Å². The third kappa shape index (κ3) is 2.66. The summed E-state index contributed by atoms with van der Waals surface area (Å²) in [6.45, 7) is 5.24. The molecular formula is C13H22N2O3. The molecule has 2 aliphatic rings. The number of nitrogens with one attached hydrogen (secondary N) is 1. The van der Waals surface area contributed by atoms with Crippen LogP contribution in [0.3, 0.4) is 0 Å². The molecule has 2 rings (SSSR count). The van der Waals surface area contributed by atoms with Crippen LogP contribution in [0.5, 0.6) is 0 Å². The van der Waals surface area contributed by atoms with Gasteiger partial charge in [0.1, 0.15) is 6.04 Å². The smallest absolute Gasteiger partial charge is 0.245 e. The second-order valence-corrected chi connectivity index (χ2v) is 5.12. The molecule has 2 heterocycles. The van der Waals surface area contributed by atoms with E-state index in [1.54, 1.807) is 0 Å². The Labute approximate surface area is 108 Å². The summed E-state index contributed by atoms with van der Waals surface area (Å²) in [5, 5.41) is 2.83. The highest BCUT2D eigenvalue weighted by molar-refractivity contribution is 5.90. The molecule has 0 aromatic rings. The fraction of sp³-hybridized carbons (Fsp3) is 0.846. The molecule has 0 aliphatic carbocycles. The standard InChI is InChI=1S/C13H22N2O3/c1-3-4-10-13(17)15(7-5-12(16)14-10)11-6-8-18-9(11)2/h9-11H,3-8H2,1-2H3,(H,14,16). The number of nitrogens with zero attached hydrogens (tertiary/aromatic N) is 1. The zero-order chi connectivity index (χ0) is 13.1. The lowest BCUT2D eigenvalue weighted by atomic mass is 10.1. The SMILES string of the molecule is CCCC1NC(=O)CCN(C2CCOC2C)C1=O. The fourth-order valence-corrected chi connectivity index (χ4v) is 2.80. The van der Waals surface area contributed by atoms with Crippen molar-refractivity contribution in [1.82, 2.24) is 10.2 Å². The molecule has 5 heteroatoms. The summed E-state index contributed by atoms with van der Waals surface area (Å²) in [7, 11) is 0. The van der Waals surface area contributed by atoms with Crippen LogP contribution in [0.4, 0.5) is 0 Å². The van der Waals surface area contributed by atoms with Gasteiger partial charge in [0.05, 0.1) is 12.1 Å². The molecule has 3 unspecified atom stereocenters. The predicted octanol–water partition coefficient (Wildman–Crippen LogP) is 0.681. The van der Waals surface area contributed by atoms with E-state index in [0.717, 1.165) is 12.8 Å². The number of amides is 2. The summed E-state index contributed by atoms with van der Waals surface area (Å²) >= 11 is 0. The lowest BCUT2D eigenvalue weighted by molar-refractivity contribution is -0.136. The topological polar surface area (TPSA) is 58.6 Å². The second kappa shape index (κ2) is 5.69.